The van der Waals surface area contributed by atoms with E-state index in [0.29, 0.717) is 0 Å². The van der Waals surface area contributed by atoms with E-state index in [1.165, 1.54) is 59.4 Å². The Hall–Kier alpha value is -2.62. The minimum absolute atomic E-state index is 0. The van der Waals surface area contributed by atoms with Gasteiger partial charge < -0.3 is 14.9 Å². The van der Waals surface area contributed by atoms with Crippen molar-refractivity contribution in [2.24, 2.45) is 14.1 Å². The first-order valence-corrected chi connectivity index (χ1v) is 10.5. The number of nitrogens with zero attached hydrogens (tertiary/aromatic N) is 4. The van der Waals surface area contributed by atoms with Crippen LogP contribution in [0.1, 0.15) is 37.3 Å². The number of fused-ring (bicyclic) bond motifs is 2. The van der Waals surface area contributed by atoms with Gasteiger partial charge in [-0.25, -0.2) is 18.3 Å². The molecule has 4 aromatic rings. The average Bonchev–Trinajstić information content (AvgIpc) is 3.11. The van der Waals surface area contributed by atoms with Gasteiger partial charge in [-0.1, -0.05) is 24.3 Å². The van der Waals surface area contributed by atoms with Gasteiger partial charge in [0.1, 0.15) is 0 Å². The molecular formula is C26H38N4. The number of benzene rings is 2. The van der Waals surface area contributed by atoms with Crippen LogP contribution in [0, 0.1) is 28.7 Å². The summed E-state index contributed by atoms with van der Waals surface area (Å²) in [6.07, 6.45) is 5.03. The van der Waals surface area contributed by atoms with Crippen LogP contribution in [0.15, 0.2) is 48.5 Å². The van der Waals surface area contributed by atoms with E-state index in [9.17, 15) is 0 Å². The van der Waals surface area contributed by atoms with E-state index >= 15 is 0 Å². The molecule has 2 aromatic heterocycles. The van der Waals surface area contributed by atoms with Gasteiger partial charge in [-0.15, -0.1) is 0 Å². The molecular weight excluding hydrogens is 368 g/mol. The Morgan fingerprint density at radius 1 is 0.600 bits per heavy atom. The van der Waals surface area contributed by atoms with Crippen molar-refractivity contribution in [1.29, 1.82) is 0 Å². The van der Waals surface area contributed by atoms with Gasteiger partial charge in [-0.2, -0.15) is 0 Å². The van der Waals surface area contributed by atoms with Crippen LogP contribution in [-0.4, -0.2) is 9.13 Å². The molecule has 0 saturated heterocycles. The fourth-order valence-electron chi connectivity index (χ4n) is 4.47. The molecule has 0 atom stereocenters. The number of imidazole rings is 2. The van der Waals surface area contributed by atoms with Crippen LogP contribution in [0.2, 0.25) is 0 Å². The molecule has 4 heteroatoms. The predicted octanol–water partition coefficient (Wildman–Crippen LogP) is 5.02. The van der Waals surface area contributed by atoms with E-state index in [1.807, 2.05) is 0 Å². The number of rotatable bonds is 7. The van der Waals surface area contributed by atoms with Crippen LogP contribution >= 0.6 is 0 Å². The Morgan fingerprint density at radius 2 is 0.967 bits per heavy atom. The molecule has 0 N–H and O–H groups in total. The summed E-state index contributed by atoms with van der Waals surface area (Å²) < 4.78 is 9.54. The molecule has 0 aliphatic rings. The zero-order valence-electron chi connectivity index (χ0n) is 19.7. The molecule has 0 spiro atoms. The van der Waals surface area contributed by atoms with Crippen LogP contribution in [0.4, 0.5) is 0 Å². The molecule has 2 aromatic carbocycles. The lowest BCUT2D eigenvalue weighted by Crippen LogP contribution is -2.30. The average molecular weight is 407 g/mol. The highest BCUT2D eigenvalue weighted by Crippen LogP contribution is 2.17. The van der Waals surface area contributed by atoms with Crippen molar-refractivity contribution in [3.05, 3.63) is 75.0 Å². The van der Waals surface area contributed by atoms with E-state index in [1.54, 1.807) is 0 Å². The SMILES string of the molecule is Cc1n(CCCCCCn2c(C)[n+](C)c3ccccc32)c2ccccc2[n+]1C.[CH3-].[CH3-]. The molecule has 0 aliphatic heterocycles. The molecule has 0 unspecified atom stereocenters. The van der Waals surface area contributed by atoms with Crippen molar-refractivity contribution in [3.63, 3.8) is 0 Å². The molecule has 30 heavy (non-hydrogen) atoms. The van der Waals surface area contributed by atoms with Gasteiger partial charge in [0.2, 0.25) is 0 Å². The third-order valence-corrected chi connectivity index (χ3v) is 6.33. The molecule has 0 bridgehead atoms. The van der Waals surface area contributed by atoms with Crippen LogP contribution in [-0.2, 0) is 27.2 Å². The Morgan fingerprint density at radius 3 is 1.37 bits per heavy atom. The summed E-state index contributed by atoms with van der Waals surface area (Å²) >= 11 is 0. The standard InChI is InChI=1S/C24H32N4.2CH3/c1-19-25(3)21-13-7-9-15-23(21)27(19)17-11-5-6-12-18-28-20(2)26(4)22-14-8-10-16-24(22)28;;/h7-10,13-16H,5-6,11-12,17-18H2,1-4H3;2*1H3/q+2;2*-1. The normalized spacial score (nSPS) is 10.9. The first-order chi connectivity index (χ1) is 13.6. The molecule has 0 aliphatic carbocycles. The lowest BCUT2D eigenvalue weighted by Gasteiger charge is -2.03. The summed E-state index contributed by atoms with van der Waals surface area (Å²) in [4.78, 5) is 0. The maximum absolute atomic E-state index is 2.47. The zero-order chi connectivity index (χ0) is 19.7. The number of unbranched alkanes of at least 4 members (excludes halogenated alkanes) is 3. The number of hydrogen-bond donors (Lipinski definition) is 0. The van der Waals surface area contributed by atoms with Gasteiger partial charge in [-0.05, 0) is 49.9 Å². The lowest BCUT2D eigenvalue weighted by atomic mass is 10.2. The maximum Gasteiger partial charge on any atom is 0.253 e. The second kappa shape index (κ2) is 9.92. The van der Waals surface area contributed by atoms with Crippen LogP contribution in [0.3, 0.4) is 0 Å². The molecule has 0 saturated carbocycles. The fraction of sp³-hybridized carbons (Fsp3) is 0.385. The minimum atomic E-state index is 0. The Balaban J connectivity index is 0.00000160. The monoisotopic (exact) mass is 406 g/mol. The van der Waals surface area contributed by atoms with Gasteiger partial charge >= 0.3 is 0 Å². The van der Waals surface area contributed by atoms with Crippen molar-refractivity contribution in [3.8, 4) is 0 Å². The number of aryl methyl sites for hydroxylation is 4. The van der Waals surface area contributed by atoms with Gasteiger partial charge in [0.05, 0.1) is 27.2 Å². The number of aromatic nitrogens is 4. The van der Waals surface area contributed by atoms with E-state index in [4.69, 9.17) is 0 Å². The summed E-state index contributed by atoms with van der Waals surface area (Å²) in [6, 6.07) is 17.4. The van der Waals surface area contributed by atoms with E-state index < -0.39 is 0 Å². The van der Waals surface area contributed by atoms with Crippen LogP contribution in [0.5, 0.6) is 0 Å². The third-order valence-electron chi connectivity index (χ3n) is 6.33. The van der Waals surface area contributed by atoms with Gasteiger partial charge in [0.15, 0.2) is 22.1 Å². The Kier molecular flexibility index (Phi) is 7.83. The lowest BCUT2D eigenvalue weighted by molar-refractivity contribution is -0.652. The first kappa shape index (κ1) is 23.7. The highest BCUT2D eigenvalue weighted by atomic mass is 15.2. The summed E-state index contributed by atoms with van der Waals surface area (Å²) in [5.74, 6) is 2.67. The third kappa shape index (κ3) is 4.14. The largest absolute Gasteiger partial charge is 0.358 e. The topological polar surface area (TPSA) is 17.6 Å². The Bertz CT molecular complexity index is 1030. The van der Waals surface area contributed by atoms with Crippen molar-refractivity contribution in [2.75, 3.05) is 0 Å². The minimum Gasteiger partial charge on any atom is -0.358 e. The second-order valence-electron chi connectivity index (χ2n) is 7.91. The van der Waals surface area contributed by atoms with Gasteiger partial charge in [-0.3, -0.25) is 0 Å². The van der Waals surface area contributed by atoms with Crippen LogP contribution in [0.25, 0.3) is 22.1 Å². The van der Waals surface area contributed by atoms with Gasteiger partial charge in [0, 0.05) is 13.8 Å². The molecule has 4 rings (SSSR count). The smallest absolute Gasteiger partial charge is 0.253 e. The zero-order valence-corrected chi connectivity index (χ0v) is 19.7. The molecule has 162 valence electrons. The van der Waals surface area contributed by atoms with Gasteiger partial charge in [0.25, 0.3) is 11.6 Å². The molecule has 0 fully saturated rings. The van der Waals surface area contributed by atoms with E-state index in [2.05, 4.69) is 94.7 Å². The molecule has 0 radical (unpaired) electrons. The van der Waals surface area contributed by atoms with E-state index in [0.717, 1.165) is 13.1 Å². The highest BCUT2D eigenvalue weighted by Gasteiger charge is 2.19. The van der Waals surface area contributed by atoms with Crippen molar-refractivity contribution >= 4 is 22.1 Å². The number of hydrogen-bond acceptors (Lipinski definition) is 0. The summed E-state index contributed by atoms with van der Waals surface area (Å²) in [5, 5.41) is 0. The van der Waals surface area contributed by atoms with E-state index in [-0.39, 0.29) is 14.9 Å². The van der Waals surface area contributed by atoms with Crippen LogP contribution < -0.4 is 9.13 Å². The predicted molar refractivity (Wildman–Crippen MR) is 127 cm³/mol. The quantitative estimate of drug-likeness (QED) is 0.233. The number of para-hydroxylation sites is 4. The second-order valence-corrected chi connectivity index (χ2v) is 7.91. The molecule has 2 heterocycles. The first-order valence-electron chi connectivity index (χ1n) is 10.5. The van der Waals surface area contributed by atoms with Crippen molar-refractivity contribution in [1.82, 2.24) is 9.13 Å². The summed E-state index contributed by atoms with van der Waals surface area (Å²) in [7, 11) is 4.33. The summed E-state index contributed by atoms with van der Waals surface area (Å²) in [5.41, 5.74) is 5.35. The Labute approximate surface area is 182 Å². The molecule has 0 amide bonds. The summed E-state index contributed by atoms with van der Waals surface area (Å²) in [6.45, 7) is 6.65. The maximum atomic E-state index is 2.47. The molecule has 4 nitrogen and oxygen atoms in total. The fourth-order valence-corrected chi connectivity index (χ4v) is 4.47. The van der Waals surface area contributed by atoms with Crippen molar-refractivity contribution in [2.45, 2.75) is 52.6 Å². The highest BCUT2D eigenvalue weighted by molar-refractivity contribution is 5.72. The van der Waals surface area contributed by atoms with Crippen molar-refractivity contribution < 1.29 is 9.13 Å².